The summed E-state index contributed by atoms with van der Waals surface area (Å²) in [5.74, 6) is -0.127. The molecule has 3 aromatic rings. The van der Waals surface area contributed by atoms with Crippen molar-refractivity contribution in [2.24, 2.45) is 0 Å². The summed E-state index contributed by atoms with van der Waals surface area (Å²) in [7, 11) is 0. The van der Waals surface area contributed by atoms with Crippen molar-refractivity contribution >= 4 is 34.4 Å². The number of aromatic amines is 1. The van der Waals surface area contributed by atoms with Crippen LogP contribution in [0.15, 0.2) is 48.5 Å². The Balaban J connectivity index is 1.74. The number of benzene rings is 2. The molecule has 5 rings (SSSR count). The van der Waals surface area contributed by atoms with Gasteiger partial charge in [-0.15, -0.1) is 0 Å². The highest BCUT2D eigenvalue weighted by Crippen LogP contribution is 2.45. The average Bonchev–Trinajstić information content (AvgIpc) is 3.16. The topological polar surface area (TPSA) is 56.4 Å². The number of urea groups is 1. The number of amides is 3. The third kappa shape index (κ3) is 2.60. The van der Waals surface area contributed by atoms with Crippen LogP contribution in [0.5, 0.6) is 0 Å². The largest absolute Gasteiger partial charge is 0.356 e. The summed E-state index contributed by atoms with van der Waals surface area (Å²) in [5, 5.41) is 1.74. The van der Waals surface area contributed by atoms with Crippen LogP contribution in [0.3, 0.4) is 0 Å². The number of hydrogen-bond donors (Lipinski definition) is 1. The Labute approximate surface area is 174 Å². The molecule has 1 saturated heterocycles. The molecule has 3 heterocycles. The summed E-state index contributed by atoms with van der Waals surface area (Å²) in [4.78, 5) is 33.5. The summed E-state index contributed by atoms with van der Waals surface area (Å²) in [6.45, 7) is 5.69. The number of fused-ring (bicyclic) bond motifs is 4. The first-order chi connectivity index (χ1) is 13.8. The van der Waals surface area contributed by atoms with Crippen molar-refractivity contribution in [2.75, 3.05) is 0 Å². The van der Waals surface area contributed by atoms with E-state index < -0.39 is 11.6 Å². The van der Waals surface area contributed by atoms with Gasteiger partial charge < -0.3 is 4.98 Å². The SMILES string of the molecule is CC(C)(C)N1C(=O)[C@H]2Cc3c([nH]c4ccccc34)[C@H](c3ccc(Cl)cc3)N2C1=O. The molecular weight excluding hydrogens is 386 g/mol. The van der Waals surface area contributed by atoms with E-state index in [0.29, 0.717) is 11.4 Å². The number of nitrogens with one attached hydrogen (secondary N) is 1. The number of halogens is 1. The van der Waals surface area contributed by atoms with Gasteiger partial charge in [0, 0.05) is 33.6 Å². The molecule has 1 N–H and O–H groups in total. The maximum absolute atomic E-state index is 13.5. The van der Waals surface area contributed by atoms with Crippen LogP contribution < -0.4 is 0 Å². The first-order valence-corrected chi connectivity index (χ1v) is 10.2. The lowest BCUT2D eigenvalue weighted by molar-refractivity contribution is -0.131. The molecule has 2 aliphatic heterocycles. The van der Waals surface area contributed by atoms with Gasteiger partial charge in [0.15, 0.2) is 0 Å². The molecule has 0 unspecified atom stereocenters. The number of carbonyl (C=O) groups excluding carboxylic acids is 2. The Morgan fingerprint density at radius 2 is 1.72 bits per heavy atom. The number of nitrogens with zero attached hydrogens (tertiary/aromatic N) is 2. The fraction of sp³-hybridized carbons (Fsp3) is 0.304. The summed E-state index contributed by atoms with van der Waals surface area (Å²) in [5.41, 5.74) is 3.46. The van der Waals surface area contributed by atoms with Crippen LogP contribution in [-0.4, -0.2) is 38.3 Å². The zero-order valence-electron chi connectivity index (χ0n) is 16.6. The number of para-hydroxylation sites is 1. The van der Waals surface area contributed by atoms with Crippen molar-refractivity contribution in [3.8, 4) is 0 Å². The van der Waals surface area contributed by atoms with E-state index in [9.17, 15) is 9.59 Å². The fourth-order valence-corrected chi connectivity index (χ4v) is 4.81. The van der Waals surface area contributed by atoms with Crippen LogP contribution in [0.25, 0.3) is 10.9 Å². The van der Waals surface area contributed by atoms with Crippen LogP contribution in [0.2, 0.25) is 5.02 Å². The molecule has 148 valence electrons. The van der Waals surface area contributed by atoms with Gasteiger partial charge in [-0.25, -0.2) is 4.79 Å². The molecule has 3 amide bonds. The van der Waals surface area contributed by atoms with Gasteiger partial charge >= 0.3 is 6.03 Å². The predicted octanol–water partition coefficient (Wildman–Crippen LogP) is 4.90. The van der Waals surface area contributed by atoms with E-state index in [1.807, 2.05) is 63.2 Å². The van der Waals surface area contributed by atoms with Crippen LogP contribution >= 0.6 is 11.6 Å². The molecule has 29 heavy (non-hydrogen) atoms. The fourth-order valence-electron chi connectivity index (χ4n) is 4.68. The maximum atomic E-state index is 13.5. The van der Waals surface area contributed by atoms with Crippen LogP contribution in [0.1, 0.15) is 43.6 Å². The second-order valence-electron chi connectivity index (χ2n) is 8.77. The molecular formula is C23H22ClN3O2. The Bertz CT molecular complexity index is 1140. The molecule has 0 saturated carbocycles. The summed E-state index contributed by atoms with van der Waals surface area (Å²) in [6, 6.07) is 14.5. The number of carbonyl (C=O) groups is 2. The molecule has 0 aliphatic carbocycles. The minimum atomic E-state index is -0.578. The predicted molar refractivity (Wildman–Crippen MR) is 113 cm³/mol. The van der Waals surface area contributed by atoms with Crippen molar-refractivity contribution < 1.29 is 9.59 Å². The van der Waals surface area contributed by atoms with Crippen LogP contribution in [0.4, 0.5) is 4.79 Å². The molecule has 2 aliphatic rings. The van der Waals surface area contributed by atoms with Crippen molar-refractivity contribution in [2.45, 2.75) is 44.8 Å². The van der Waals surface area contributed by atoms with Gasteiger partial charge in [0.25, 0.3) is 5.91 Å². The third-order valence-corrected chi connectivity index (χ3v) is 6.16. The minimum absolute atomic E-state index is 0.127. The first kappa shape index (κ1) is 18.3. The lowest BCUT2D eigenvalue weighted by Crippen LogP contribution is -2.46. The number of hydrogen-bond acceptors (Lipinski definition) is 2. The lowest BCUT2D eigenvalue weighted by atomic mass is 9.89. The lowest BCUT2D eigenvalue weighted by Gasteiger charge is -2.36. The van der Waals surface area contributed by atoms with Gasteiger partial charge in [0.2, 0.25) is 0 Å². The number of rotatable bonds is 1. The summed E-state index contributed by atoms with van der Waals surface area (Å²) in [6.07, 6.45) is 0.514. The second kappa shape index (κ2) is 6.10. The van der Waals surface area contributed by atoms with Gasteiger partial charge in [-0.2, -0.15) is 0 Å². The van der Waals surface area contributed by atoms with Crippen molar-refractivity contribution in [1.29, 1.82) is 0 Å². The smallest absolute Gasteiger partial charge is 0.328 e. The van der Waals surface area contributed by atoms with Gasteiger partial charge in [-0.1, -0.05) is 41.9 Å². The molecule has 6 heteroatoms. The van der Waals surface area contributed by atoms with E-state index in [-0.39, 0.29) is 18.0 Å². The Hall–Kier alpha value is -2.79. The van der Waals surface area contributed by atoms with E-state index in [0.717, 1.165) is 27.7 Å². The highest BCUT2D eigenvalue weighted by atomic mass is 35.5. The quantitative estimate of drug-likeness (QED) is 0.583. The van der Waals surface area contributed by atoms with E-state index in [4.69, 9.17) is 11.6 Å². The van der Waals surface area contributed by atoms with Gasteiger partial charge in [0.1, 0.15) is 12.1 Å². The maximum Gasteiger partial charge on any atom is 0.328 e. The molecule has 1 fully saturated rings. The van der Waals surface area contributed by atoms with E-state index in [1.54, 1.807) is 4.90 Å². The van der Waals surface area contributed by atoms with Crippen LogP contribution in [0, 0.1) is 0 Å². The van der Waals surface area contributed by atoms with Crippen molar-refractivity contribution in [3.05, 3.63) is 70.4 Å². The normalized spacial score (nSPS) is 21.7. The zero-order valence-corrected chi connectivity index (χ0v) is 17.3. The average molecular weight is 408 g/mol. The standard InChI is InChI=1S/C23H22ClN3O2/c1-23(2,3)27-21(28)18-12-16-15-6-4-5-7-17(15)25-19(16)20(26(18)22(27)29)13-8-10-14(24)11-9-13/h4-11,18,20,25H,12H2,1-3H3/t18-,20+/m1/s1. The van der Waals surface area contributed by atoms with Crippen LogP contribution in [-0.2, 0) is 11.2 Å². The van der Waals surface area contributed by atoms with Gasteiger partial charge in [0.05, 0.1) is 0 Å². The second-order valence-corrected chi connectivity index (χ2v) is 9.21. The Kier molecular flexibility index (Phi) is 3.84. The van der Waals surface area contributed by atoms with E-state index in [1.165, 1.54) is 4.90 Å². The number of H-pyrrole nitrogens is 1. The van der Waals surface area contributed by atoms with E-state index >= 15 is 0 Å². The number of imide groups is 1. The first-order valence-electron chi connectivity index (χ1n) is 9.78. The molecule has 0 bridgehead atoms. The van der Waals surface area contributed by atoms with Gasteiger partial charge in [-0.05, 0) is 50.1 Å². The van der Waals surface area contributed by atoms with Gasteiger partial charge in [-0.3, -0.25) is 14.6 Å². The minimum Gasteiger partial charge on any atom is -0.356 e. The Morgan fingerprint density at radius 3 is 2.41 bits per heavy atom. The van der Waals surface area contributed by atoms with E-state index in [2.05, 4.69) is 11.1 Å². The molecule has 2 atom stereocenters. The number of aromatic nitrogens is 1. The monoisotopic (exact) mass is 407 g/mol. The molecule has 2 aromatic carbocycles. The molecule has 1 aromatic heterocycles. The summed E-state index contributed by atoms with van der Waals surface area (Å²) < 4.78 is 0. The summed E-state index contributed by atoms with van der Waals surface area (Å²) >= 11 is 6.11. The highest BCUT2D eigenvalue weighted by molar-refractivity contribution is 6.30. The highest BCUT2D eigenvalue weighted by Gasteiger charge is 2.55. The third-order valence-electron chi connectivity index (χ3n) is 5.91. The van der Waals surface area contributed by atoms with Crippen molar-refractivity contribution in [1.82, 2.24) is 14.8 Å². The Morgan fingerprint density at radius 1 is 1.03 bits per heavy atom. The zero-order chi connectivity index (χ0) is 20.5. The molecule has 0 radical (unpaired) electrons. The molecule has 0 spiro atoms. The molecule has 5 nitrogen and oxygen atoms in total. The van der Waals surface area contributed by atoms with Crippen molar-refractivity contribution in [3.63, 3.8) is 0 Å².